The molecule has 6 nitrogen and oxygen atoms in total. The lowest BCUT2D eigenvalue weighted by Gasteiger charge is -2.25. The maximum absolute atomic E-state index is 15.4. The molecule has 4 aromatic carbocycles. The fourth-order valence-corrected chi connectivity index (χ4v) is 5.75. The summed E-state index contributed by atoms with van der Waals surface area (Å²) < 4.78 is 100. The van der Waals surface area contributed by atoms with Gasteiger partial charge >= 0.3 is 12.5 Å². The first-order chi connectivity index (χ1) is 23.6. The van der Waals surface area contributed by atoms with Gasteiger partial charge in [0, 0.05) is 43.4 Å². The summed E-state index contributed by atoms with van der Waals surface area (Å²) in [6.45, 7) is 3.33. The fraction of sp³-hybridized carbons (Fsp3) is 0.270. The van der Waals surface area contributed by atoms with E-state index in [1.807, 2.05) is 51.9 Å². The molecule has 49 heavy (non-hydrogen) atoms. The van der Waals surface area contributed by atoms with Gasteiger partial charge in [0.1, 0.15) is 23.2 Å². The highest BCUT2D eigenvalue weighted by atomic mass is 19.3. The molecule has 5 aromatic rings. The molecule has 2 heterocycles. The number of imidazole rings is 1. The number of nitrogens with zero attached hydrogens (tertiary/aromatic N) is 3. The Hall–Kier alpha value is -4.97. The van der Waals surface area contributed by atoms with Crippen molar-refractivity contribution in [2.75, 3.05) is 6.79 Å². The van der Waals surface area contributed by atoms with Crippen molar-refractivity contribution in [1.82, 2.24) is 14.5 Å². The molecule has 0 radical (unpaired) electrons. The van der Waals surface area contributed by atoms with Crippen LogP contribution in [0.1, 0.15) is 36.6 Å². The topological polar surface area (TPSA) is 48.8 Å². The third kappa shape index (κ3) is 7.86. The number of hydrogen-bond donors (Lipinski definition) is 0. The molecule has 0 fully saturated rings. The SMILES string of the molecule is CCCCn1c(-c2ccccc2)nc(-c2ccc(F)cc2F)c1CN(Cc1cccc(OC(F)(F)C(F)F)c1)Cc1ccc2c(c1)OCO2. The van der Waals surface area contributed by atoms with E-state index in [1.165, 1.54) is 30.3 Å². The van der Waals surface area contributed by atoms with Gasteiger partial charge in [-0.25, -0.2) is 13.8 Å². The Morgan fingerprint density at radius 1 is 0.857 bits per heavy atom. The number of benzene rings is 4. The molecule has 0 unspecified atom stereocenters. The van der Waals surface area contributed by atoms with Crippen molar-refractivity contribution in [3.63, 3.8) is 0 Å². The van der Waals surface area contributed by atoms with E-state index in [0.29, 0.717) is 47.4 Å². The Morgan fingerprint density at radius 3 is 2.35 bits per heavy atom. The van der Waals surface area contributed by atoms with Crippen LogP contribution in [0.4, 0.5) is 26.3 Å². The summed E-state index contributed by atoms with van der Waals surface area (Å²) in [5.41, 5.74) is 3.24. The predicted molar refractivity (Wildman–Crippen MR) is 171 cm³/mol. The first-order valence-corrected chi connectivity index (χ1v) is 15.8. The van der Waals surface area contributed by atoms with Gasteiger partial charge in [-0.1, -0.05) is 61.9 Å². The van der Waals surface area contributed by atoms with E-state index >= 15 is 4.39 Å². The average molecular weight is 682 g/mol. The van der Waals surface area contributed by atoms with E-state index in [0.717, 1.165) is 30.0 Å². The molecule has 0 bridgehead atoms. The number of unbranched alkanes of at least 4 members (excludes halogenated alkanes) is 1. The lowest BCUT2D eigenvalue weighted by molar-refractivity contribution is -0.253. The largest absolute Gasteiger partial charge is 0.461 e. The monoisotopic (exact) mass is 681 g/mol. The molecule has 1 aliphatic rings. The van der Waals surface area contributed by atoms with Crippen molar-refractivity contribution < 1.29 is 40.6 Å². The molecule has 12 heteroatoms. The summed E-state index contributed by atoms with van der Waals surface area (Å²) in [7, 11) is 0. The molecule has 0 N–H and O–H groups in total. The van der Waals surface area contributed by atoms with E-state index in [4.69, 9.17) is 14.5 Å². The highest BCUT2D eigenvalue weighted by molar-refractivity contribution is 5.69. The second-order valence-corrected chi connectivity index (χ2v) is 11.7. The van der Waals surface area contributed by atoms with Crippen LogP contribution in [0, 0.1) is 11.6 Å². The maximum atomic E-state index is 15.4. The Morgan fingerprint density at radius 2 is 1.61 bits per heavy atom. The fourth-order valence-electron chi connectivity index (χ4n) is 5.75. The van der Waals surface area contributed by atoms with Crippen LogP contribution in [0.25, 0.3) is 22.6 Å². The van der Waals surface area contributed by atoms with Gasteiger partial charge in [0.05, 0.1) is 11.4 Å². The van der Waals surface area contributed by atoms with Crippen LogP contribution in [0.2, 0.25) is 0 Å². The van der Waals surface area contributed by atoms with E-state index in [-0.39, 0.29) is 25.4 Å². The van der Waals surface area contributed by atoms with Crippen LogP contribution in [-0.4, -0.2) is 33.8 Å². The van der Waals surface area contributed by atoms with Gasteiger partial charge in [-0.3, -0.25) is 4.90 Å². The first-order valence-electron chi connectivity index (χ1n) is 15.8. The van der Waals surface area contributed by atoms with Crippen LogP contribution in [0.15, 0.2) is 91.0 Å². The van der Waals surface area contributed by atoms with Crippen molar-refractivity contribution in [3.8, 4) is 39.9 Å². The summed E-state index contributed by atoms with van der Waals surface area (Å²) in [6, 6.07) is 23.9. The van der Waals surface area contributed by atoms with Crippen molar-refractivity contribution in [2.45, 2.75) is 58.5 Å². The zero-order chi connectivity index (χ0) is 34.5. The molecule has 0 saturated heterocycles. The second kappa shape index (κ2) is 14.7. The molecule has 1 aromatic heterocycles. The zero-order valence-electron chi connectivity index (χ0n) is 26.5. The summed E-state index contributed by atoms with van der Waals surface area (Å²) in [5.74, 6) is -0.141. The van der Waals surface area contributed by atoms with E-state index in [1.54, 1.807) is 12.1 Å². The summed E-state index contributed by atoms with van der Waals surface area (Å²) in [5, 5.41) is 0. The number of rotatable bonds is 14. The smallest absolute Gasteiger partial charge is 0.454 e. The number of fused-ring (bicyclic) bond motifs is 1. The van der Waals surface area contributed by atoms with Crippen LogP contribution in [0.3, 0.4) is 0 Å². The molecular weight excluding hydrogens is 648 g/mol. The molecule has 0 atom stereocenters. The highest BCUT2D eigenvalue weighted by Crippen LogP contribution is 2.36. The first kappa shape index (κ1) is 33.9. The lowest BCUT2D eigenvalue weighted by atomic mass is 10.1. The van der Waals surface area contributed by atoms with Gasteiger partial charge < -0.3 is 18.8 Å². The number of halogens is 6. The summed E-state index contributed by atoms with van der Waals surface area (Å²) in [6.07, 6.45) is -7.03. The minimum absolute atomic E-state index is 0.0873. The standard InChI is InChI=1S/C37H33F6N3O3/c1-2-3-16-46-31(34(29-14-13-27(38)19-30(29)39)44-35(46)26-9-5-4-6-10-26)22-45(21-25-12-15-32-33(18-25)48-23-47-32)20-24-8-7-11-28(17-24)49-37(42,43)36(40)41/h4-15,17-19,36H,2-3,16,20-23H2,1H3. The molecule has 0 saturated carbocycles. The molecule has 6 rings (SSSR count). The van der Waals surface area contributed by atoms with Crippen molar-refractivity contribution in [1.29, 1.82) is 0 Å². The minimum atomic E-state index is -4.67. The van der Waals surface area contributed by atoms with Gasteiger partial charge in [0.2, 0.25) is 6.79 Å². The van der Waals surface area contributed by atoms with Crippen molar-refractivity contribution in [3.05, 3.63) is 119 Å². The zero-order valence-corrected chi connectivity index (χ0v) is 26.5. The van der Waals surface area contributed by atoms with Crippen LogP contribution < -0.4 is 14.2 Å². The molecule has 1 aliphatic heterocycles. The molecule has 0 amide bonds. The Balaban J connectivity index is 1.45. The predicted octanol–water partition coefficient (Wildman–Crippen LogP) is 9.46. The summed E-state index contributed by atoms with van der Waals surface area (Å²) >= 11 is 0. The summed E-state index contributed by atoms with van der Waals surface area (Å²) in [4.78, 5) is 6.93. The third-order valence-electron chi connectivity index (χ3n) is 8.06. The molecule has 256 valence electrons. The average Bonchev–Trinajstić information content (AvgIpc) is 3.68. The Kier molecular flexibility index (Phi) is 10.1. The van der Waals surface area contributed by atoms with Crippen molar-refractivity contribution in [2.24, 2.45) is 0 Å². The number of ether oxygens (including phenoxy) is 3. The van der Waals surface area contributed by atoms with Gasteiger partial charge in [-0.05, 0) is 53.9 Å². The number of hydrogen-bond acceptors (Lipinski definition) is 5. The van der Waals surface area contributed by atoms with E-state index in [2.05, 4.69) is 11.7 Å². The van der Waals surface area contributed by atoms with Crippen molar-refractivity contribution >= 4 is 0 Å². The van der Waals surface area contributed by atoms with Gasteiger partial charge in [-0.15, -0.1) is 0 Å². The highest BCUT2D eigenvalue weighted by Gasteiger charge is 2.44. The minimum Gasteiger partial charge on any atom is -0.454 e. The number of alkyl halides is 4. The molecule has 0 aliphatic carbocycles. The maximum Gasteiger partial charge on any atom is 0.461 e. The molecule has 0 spiro atoms. The van der Waals surface area contributed by atoms with Gasteiger partial charge in [-0.2, -0.15) is 17.6 Å². The number of aromatic nitrogens is 2. The third-order valence-corrected chi connectivity index (χ3v) is 8.06. The van der Waals surface area contributed by atoms with Crippen LogP contribution in [0.5, 0.6) is 17.2 Å². The van der Waals surface area contributed by atoms with E-state index in [9.17, 15) is 22.0 Å². The Labute approximate surface area is 279 Å². The van der Waals surface area contributed by atoms with E-state index < -0.39 is 29.9 Å². The lowest BCUT2D eigenvalue weighted by Crippen LogP contribution is -2.33. The quantitative estimate of drug-likeness (QED) is 0.109. The van der Waals surface area contributed by atoms with Gasteiger partial charge in [0.15, 0.2) is 11.5 Å². The molecular formula is C37H33F6N3O3. The normalized spacial score (nSPS) is 12.7. The van der Waals surface area contributed by atoms with Crippen LogP contribution in [-0.2, 0) is 26.2 Å². The van der Waals surface area contributed by atoms with Gasteiger partial charge in [0.25, 0.3) is 0 Å². The Bertz CT molecular complexity index is 1900. The second-order valence-electron chi connectivity index (χ2n) is 11.7. The van der Waals surface area contributed by atoms with Crippen LogP contribution >= 0.6 is 0 Å².